The topological polar surface area (TPSA) is 159 Å². The highest BCUT2D eigenvalue weighted by Gasteiger charge is 2.40. The van der Waals surface area contributed by atoms with Gasteiger partial charge in [0, 0.05) is 31.6 Å². The molecule has 1 aliphatic heterocycles. The van der Waals surface area contributed by atoms with Gasteiger partial charge in [0.05, 0.1) is 6.54 Å². The van der Waals surface area contributed by atoms with Crippen LogP contribution in [0.2, 0.25) is 0 Å². The SMILES string of the molecule is CC(NC(=O)C(NC(=O)O)C(C)C)C(=O)NC(CC(=O)N1CCn2c(nnc2C(F)(F)F)C1)Cc1cc(F)c(F)cc1F. The van der Waals surface area contributed by atoms with Gasteiger partial charge in [0.25, 0.3) is 0 Å². The van der Waals surface area contributed by atoms with Gasteiger partial charge in [0.1, 0.15) is 17.9 Å². The summed E-state index contributed by atoms with van der Waals surface area (Å²) < 4.78 is 82.1. The number of amides is 4. The van der Waals surface area contributed by atoms with E-state index in [1.54, 1.807) is 13.8 Å². The van der Waals surface area contributed by atoms with E-state index in [9.17, 15) is 45.5 Å². The Balaban J connectivity index is 1.77. The van der Waals surface area contributed by atoms with E-state index >= 15 is 0 Å². The van der Waals surface area contributed by atoms with Crippen LogP contribution in [0.4, 0.5) is 31.1 Å². The Morgan fingerprint density at radius 1 is 0.930 bits per heavy atom. The first kappa shape index (κ1) is 33.1. The van der Waals surface area contributed by atoms with E-state index in [4.69, 9.17) is 5.11 Å². The van der Waals surface area contributed by atoms with Gasteiger partial charge in [-0.2, -0.15) is 13.2 Å². The van der Waals surface area contributed by atoms with Crippen LogP contribution in [-0.2, 0) is 40.1 Å². The van der Waals surface area contributed by atoms with Crippen molar-refractivity contribution < 1.29 is 50.6 Å². The maximum absolute atomic E-state index is 14.4. The van der Waals surface area contributed by atoms with E-state index < -0.39 is 90.2 Å². The second-order valence-electron chi connectivity index (χ2n) is 10.3. The van der Waals surface area contributed by atoms with Crippen molar-refractivity contribution in [2.24, 2.45) is 5.92 Å². The van der Waals surface area contributed by atoms with Crippen LogP contribution in [0.15, 0.2) is 12.1 Å². The summed E-state index contributed by atoms with van der Waals surface area (Å²) in [6.45, 7) is 3.60. The third-order valence-electron chi connectivity index (χ3n) is 6.66. The Labute approximate surface area is 240 Å². The molecule has 0 bridgehead atoms. The molecule has 1 aromatic carbocycles. The van der Waals surface area contributed by atoms with Gasteiger partial charge >= 0.3 is 12.3 Å². The number of fused-ring (bicyclic) bond motifs is 1. The Morgan fingerprint density at radius 2 is 1.58 bits per heavy atom. The lowest BCUT2D eigenvalue weighted by Gasteiger charge is -2.30. The van der Waals surface area contributed by atoms with Crippen LogP contribution in [0.25, 0.3) is 0 Å². The zero-order valence-electron chi connectivity index (χ0n) is 23.1. The second kappa shape index (κ2) is 13.3. The van der Waals surface area contributed by atoms with E-state index in [1.807, 2.05) is 5.32 Å². The average molecular weight is 622 g/mol. The van der Waals surface area contributed by atoms with Gasteiger partial charge in [-0.3, -0.25) is 14.4 Å². The molecule has 1 aromatic heterocycles. The van der Waals surface area contributed by atoms with Gasteiger partial charge in [-0.1, -0.05) is 13.8 Å². The van der Waals surface area contributed by atoms with Crippen molar-refractivity contribution in [3.8, 4) is 0 Å². The third-order valence-corrected chi connectivity index (χ3v) is 6.66. The Kier molecular flexibility index (Phi) is 10.2. The van der Waals surface area contributed by atoms with E-state index in [1.165, 1.54) is 6.92 Å². The van der Waals surface area contributed by atoms with Crippen LogP contribution >= 0.6 is 0 Å². The highest BCUT2D eigenvalue weighted by atomic mass is 19.4. The van der Waals surface area contributed by atoms with Crippen molar-refractivity contribution in [2.75, 3.05) is 6.54 Å². The molecule has 3 unspecified atom stereocenters. The summed E-state index contributed by atoms with van der Waals surface area (Å²) in [7, 11) is 0. The van der Waals surface area contributed by atoms with Gasteiger partial charge in [0.15, 0.2) is 17.5 Å². The molecule has 4 N–H and O–H groups in total. The molecule has 3 atom stereocenters. The standard InChI is InChI=1S/C25H29F6N7O5/c1-11(2)20(34-24(42)43)22(41)32-12(3)21(40)33-14(6-13-7-16(27)17(28)9-15(13)26)8-19(39)37-4-5-38-18(10-37)35-36-23(38)25(29,30)31/h7,9,11-12,14,20,34H,4-6,8,10H2,1-3H3,(H,32,41)(H,33,40)(H,42,43). The maximum Gasteiger partial charge on any atom is 0.451 e. The van der Waals surface area contributed by atoms with E-state index in [-0.39, 0.29) is 31.0 Å². The molecule has 0 aliphatic carbocycles. The highest BCUT2D eigenvalue weighted by molar-refractivity contribution is 5.91. The highest BCUT2D eigenvalue weighted by Crippen LogP contribution is 2.29. The summed E-state index contributed by atoms with van der Waals surface area (Å²) in [6.07, 6.45) is -7.27. The summed E-state index contributed by atoms with van der Waals surface area (Å²) in [4.78, 5) is 50.9. The Hall–Kier alpha value is -4.38. The molecule has 4 amide bonds. The minimum absolute atomic E-state index is 0.134. The number of rotatable bonds is 10. The van der Waals surface area contributed by atoms with Crippen molar-refractivity contribution in [1.29, 1.82) is 0 Å². The van der Waals surface area contributed by atoms with Crippen LogP contribution in [0.5, 0.6) is 0 Å². The van der Waals surface area contributed by atoms with Crippen LogP contribution in [0, 0.1) is 23.4 Å². The zero-order valence-corrected chi connectivity index (χ0v) is 23.1. The van der Waals surface area contributed by atoms with Crippen molar-refractivity contribution >= 4 is 23.8 Å². The van der Waals surface area contributed by atoms with E-state index in [0.717, 1.165) is 9.47 Å². The van der Waals surface area contributed by atoms with Crippen molar-refractivity contribution in [3.63, 3.8) is 0 Å². The molecule has 0 spiro atoms. The van der Waals surface area contributed by atoms with Crippen molar-refractivity contribution in [1.82, 2.24) is 35.6 Å². The molecule has 3 rings (SSSR count). The number of carbonyl (C=O) groups excluding carboxylic acids is 3. The summed E-state index contributed by atoms with van der Waals surface area (Å²) in [5, 5.41) is 22.4. The first-order valence-electron chi connectivity index (χ1n) is 13.0. The Bertz CT molecular complexity index is 1380. The number of carbonyl (C=O) groups is 4. The third kappa shape index (κ3) is 8.35. The van der Waals surface area contributed by atoms with E-state index in [2.05, 4.69) is 20.8 Å². The number of nitrogens with one attached hydrogen (secondary N) is 3. The second-order valence-corrected chi connectivity index (χ2v) is 10.3. The summed E-state index contributed by atoms with van der Waals surface area (Å²) in [5.41, 5.74) is -0.382. The molecule has 43 heavy (non-hydrogen) atoms. The monoisotopic (exact) mass is 621 g/mol. The molecule has 236 valence electrons. The fourth-order valence-corrected chi connectivity index (χ4v) is 4.44. The minimum atomic E-state index is -4.76. The lowest BCUT2D eigenvalue weighted by molar-refractivity contribution is -0.148. The van der Waals surface area contributed by atoms with Gasteiger partial charge in [0.2, 0.25) is 23.5 Å². The first-order chi connectivity index (χ1) is 20.0. The molecule has 1 aliphatic rings. The lowest BCUT2D eigenvalue weighted by Crippen LogP contribution is -2.55. The van der Waals surface area contributed by atoms with Crippen LogP contribution in [-0.4, -0.2) is 73.3 Å². The molecule has 2 heterocycles. The molecule has 0 fully saturated rings. The number of nitrogens with zero attached hydrogens (tertiary/aromatic N) is 4. The molecule has 18 heteroatoms. The van der Waals surface area contributed by atoms with Gasteiger partial charge < -0.3 is 30.5 Å². The molecule has 12 nitrogen and oxygen atoms in total. The average Bonchev–Trinajstić information content (AvgIpc) is 3.34. The number of benzene rings is 1. The lowest BCUT2D eigenvalue weighted by atomic mass is 10.0. The van der Waals surface area contributed by atoms with Crippen LogP contribution < -0.4 is 16.0 Å². The summed E-state index contributed by atoms with van der Waals surface area (Å²) >= 11 is 0. The predicted octanol–water partition coefficient (Wildman–Crippen LogP) is 1.97. The normalized spacial score (nSPS) is 15.3. The van der Waals surface area contributed by atoms with Crippen molar-refractivity contribution in [3.05, 3.63) is 46.8 Å². The number of hydrogen-bond acceptors (Lipinski definition) is 6. The van der Waals surface area contributed by atoms with Crippen LogP contribution in [0.1, 0.15) is 44.4 Å². The number of carboxylic acid groups (broad SMARTS) is 1. The molecular weight excluding hydrogens is 592 g/mol. The van der Waals surface area contributed by atoms with Crippen LogP contribution in [0.3, 0.4) is 0 Å². The smallest absolute Gasteiger partial charge is 0.451 e. The van der Waals surface area contributed by atoms with Gasteiger partial charge in [-0.05, 0) is 30.9 Å². The quantitative estimate of drug-likeness (QED) is 0.233. The molecule has 0 saturated heterocycles. The Morgan fingerprint density at radius 3 is 2.19 bits per heavy atom. The molecule has 0 radical (unpaired) electrons. The number of aromatic nitrogens is 3. The van der Waals surface area contributed by atoms with Gasteiger partial charge in [-0.15, -0.1) is 10.2 Å². The molecular formula is C25H29F6N7O5. The van der Waals surface area contributed by atoms with Gasteiger partial charge in [-0.25, -0.2) is 18.0 Å². The number of hydrogen-bond donors (Lipinski definition) is 4. The predicted molar refractivity (Wildman–Crippen MR) is 134 cm³/mol. The molecule has 2 aromatic rings. The number of halogens is 6. The first-order valence-corrected chi connectivity index (χ1v) is 13.0. The fourth-order valence-electron chi connectivity index (χ4n) is 4.44. The minimum Gasteiger partial charge on any atom is -0.465 e. The largest absolute Gasteiger partial charge is 0.465 e. The zero-order chi connectivity index (χ0) is 32.2. The summed E-state index contributed by atoms with van der Waals surface area (Å²) in [5.74, 6) is -8.22. The van der Waals surface area contributed by atoms with E-state index in [0.29, 0.717) is 12.1 Å². The fraction of sp³-hybridized carbons (Fsp3) is 0.520. The molecule has 0 saturated carbocycles. The summed E-state index contributed by atoms with van der Waals surface area (Å²) in [6, 6.07) is -2.88. The maximum atomic E-state index is 14.4. The van der Waals surface area contributed by atoms with Crippen molar-refractivity contribution in [2.45, 2.75) is 71.0 Å². The number of alkyl halides is 3.